The maximum atomic E-state index is 12.4. The van der Waals surface area contributed by atoms with E-state index in [0.717, 1.165) is 18.4 Å². The second-order valence-corrected chi connectivity index (χ2v) is 8.01. The number of nitriles is 1. The molecule has 0 unspecified atom stereocenters. The zero-order chi connectivity index (χ0) is 15.5. The molecule has 114 valence electrons. The van der Waals surface area contributed by atoms with Crippen LogP contribution in [0, 0.1) is 23.2 Å². The lowest BCUT2D eigenvalue weighted by Crippen LogP contribution is -2.40. The van der Waals surface area contributed by atoms with Crippen LogP contribution in [0.15, 0.2) is 24.3 Å². The van der Waals surface area contributed by atoms with Crippen LogP contribution in [0.1, 0.15) is 37.8 Å². The lowest BCUT2D eigenvalue weighted by Gasteiger charge is -2.33. The normalized spacial score (nSPS) is 17.8. The fourth-order valence-corrected chi connectivity index (χ4v) is 4.36. The molecule has 4 nitrogen and oxygen atoms in total. The second kappa shape index (κ2) is 6.59. The summed E-state index contributed by atoms with van der Waals surface area (Å²) in [5.41, 5.74) is 1.29. The van der Waals surface area contributed by atoms with Gasteiger partial charge >= 0.3 is 0 Å². The Balaban J connectivity index is 2.00. The molecule has 2 rings (SSSR count). The highest BCUT2D eigenvalue weighted by Gasteiger charge is 2.29. The minimum absolute atomic E-state index is 0.0189. The van der Waals surface area contributed by atoms with Crippen LogP contribution >= 0.6 is 0 Å². The van der Waals surface area contributed by atoms with Crippen molar-refractivity contribution < 1.29 is 8.42 Å². The summed E-state index contributed by atoms with van der Waals surface area (Å²) in [7, 11) is -3.25. The summed E-state index contributed by atoms with van der Waals surface area (Å²) in [6.07, 6.45) is 1.90. The van der Waals surface area contributed by atoms with Crippen molar-refractivity contribution in [1.29, 1.82) is 5.26 Å². The van der Waals surface area contributed by atoms with Gasteiger partial charge in [0.1, 0.15) is 0 Å². The topological polar surface area (TPSA) is 61.2 Å². The summed E-state index contributed by atoms with van der Waals surface area (Å²) >= 11 is 0. The minimum atomic E-state index is -3.25. The van der Waals surface area contributed by atoms with Gasteiger partial charge < -0.3 is 0 Å². The van der Waals surface area contributed by atoms with Gasteiger partial charge in [-0.25, -0.2) is 12.7 Å². The van der Waals surface area contributed by atoms with Crippen molar-refractivity contribution in [3.8, 4) is 6.07 Å². The van der Waals surface area contributed by atoms with E-state index in [9.17, 15) is 8.42 Å². The third kappa shape index (κ3) is 4.05. The number of hydrogen-bond acceptors (Lipinski definition) is 3. The van der Waals surface area contributed by atoms with Crippen molar-refractivity contribution in [1.82, 2.24) is 4.31 Å². The molecule has 0 atom stereocenters. The predicted octanol–water partition coefficient (Wildman–Crippen LogP) is 2.76. The van der Waals surface area contributed by atoms with Gasteiger partial charge in [-0.2, -0.15) is 5.26 Å². The van der Waals surface area contributed by atoms with Crippen LogP contribution in [0.2, 0.25) is 0 Å². The lowest BCUT2D eigenvalue weighted by molar-refractivity contribution is 0.226. The number of piperidine rings is 1. The average molecular weight is 306 g/mol. The minimum Gasteiger partial charge on any atom is -0.212 e. The quantitative estimate of drug-likeness (QED) is 0.859. The van der Waals surface area contributed by atoms with Crippen molar-refractivity contribution in [3.63, 3.8) is 0 Å². The van der Waals surface area contributed by atoms with E-state index in [1.807, 2.05) is 6.07 Å². The molecule has 0 radical (unpaired) electrons. The fourth-order valence-electron chi connectivity index (χ4n) is 2.80. The van der Waals surface area contributed by atoms with Crippen molar-refractivity contribution in [3.05, 3.63) is 35.4 Å². The molecular formula is C16H22N2O2S. The zero-order valence-electron chi connectivity index (χ0n) is 12.6. The SMILES string of the molecule is CC(C)C1CCN(S(=O)(=O)Cc2ccc(C#N)cc2)CC1. The van der Waals surface area contributed by atoms with Crippen molar-refractivity contribution in [2.24, 2.45) is 11.8 Å². The number of hydrogen-bond donors (Lipinski definition) is 0. The van der Waals surface area contributed by atoms with Crippen LogP contribution in [0.25, 0.3) is 0 Å². The summed E-state index contributed by atoms with van der Waals surface area (Å²) in [6, 6.07) is 8.80. The molecule has 0 aromatic heterocycles. The predicted molar refractivity (Wildman–Crippen MR) is 82.9 cm³/mol. The Morgan fingerprint density at radius 3 is 2.29 bits per heavy atom. The first-order valence-corrected chi connectivity index (χ1v) is 9.00. The molecule has 1 fully saturated rings. The summed E-state index contributed by atoms with van der Waals surface area (Å²) in [6.45, 7) is 5.65. The number of benzene rings is 1. The fraction of sp³-hybridized carbons (Fsp3) is 0.562. The first-order valence-electron chi connectivity index (χ1n) is 7.39. The van der Waals surface area contributed by atoms with Gasteiger partial charge in [0.2, 0.25) is 10.0 Å². The highest BCUT2D eigenvalue weighted by atomic mass is 32.2. The number of nitrogens with zero attached hydrogens (tertiary/aromatic N) is 2. The van der Waals surface area contributed by atoms with E-state index in [0.29, 0.717) is 30.5 Å². The maximum absolute atomic E-state index is 12.4. The van der Waals surface area contributed by atoms with Gasteiger partial charge in [-0.3, -0.25) is 0 Å². The third-order valence-corrected chi connectivity index (χ3v) is 6.12. The largest absolute Gasteiger partial charge is 0.218 e. The standard InChI is InChI=1S/C16H22N2O2S/c1-13(2)16-7-9-18(10-8-16)21(19,20)12-15-5-3-14(11-17)4-6-15/h3-6,13,16H,7-10,12H2,1-2H3. The Morgan fingerprint density at radius 2 is 1.81 bits per heavy atom. The molecule has 0 saturated carbocycles. The molecule has 0 aliphatic carbocycles. The summed E-state index contributed by atoms with van der Waals surface area (Å²) < 4.78 is 26.5. The molecule has 1 aromatic carbocycles. The Bertz CT molecular complexity index is 607. The number of sulfonamides is 1. The van der Waals surface area contributed by atoms with Crippen LogP contribution in [0.3, 0.4) is 0 Å². The molecule has 21 heavy (non-hydrogen) atoms. The molecular weight excluding hydrogens is 284 g/mol. The summed E-state index contributed by atoms with van der Waals surface area (Å²) in [4.78, 5) is 0. The monoisotopic (exact) mass is 306 g/mol. The summed E-state index contributed by atoms with van der Waals surface area (Å²) in [5.74, 6) is 1.27. The molecule has 1 aliphatic rings. The first-order chi connectivity index (χ1) is 9.92. The molecule has 0 N–H and O–H groups in total. The van der Waals surface area contributed by atoms with Crippen molar-refractivity contribution in [2.45, 2.75) is 32.4 Å². The van der Waals surface area contributed by atoms with Crippen LogP contribution < -0.4 is 0 Å². The molecule has 0 amide bonds. The molecule has 0 spiro atoms. The van der Waals surface area contributed by atoms with Gasteiger partial charge in [0.25, 0.3) is 0 Å². The summed E-state index contributed by atoms with van der Waals surface area (Å²) in [5, 5.41) is 8.76. The molecule has 1 saturated heterocycles. The van der Waals surface area contributed by atoms with E-state index < -0.39 is 10.0 Å². The average Bonchev–Trinajstić information content (AvgIpc) is 2.48. The Labute approximate surface area is 127 Å². The Kier molecular flexibility index (Phi) is 5.02. The van der Waals surface area contributed by atoms with Crippen LogP contribution in [0.4, 0.5) is 0 Å². The Morgan fingerprint density at radius 1 is 1.24 bits per heavy atom. The zero-order valence-corrected chi connectivity index (χ0v) is 13.4. The smallest absolute Gasteiger partial charge is 0.212 e. The lowest BCUT2D eigenvalue weighted by atomic mass is 9.87. The molecule has 5 heteroatoms. The van der Waals surface area contributed by atoms with E-state index in [1.54, 1.807) is 28.6 Å². The van der Waals surface area contributed by atoms with Crippen molar-refractivity contribution >= 4 is 10.0 Å². The second-order valence-electron chi connectivity index (χ2n) is 6.05. The highest BCUT2D eigenvalue weighted by Crippen LogP contribution is 2.26. The van der Waals surface area contributed by atoms with Gasteiger partial charge in [0.05, 0.1) is 17.4 Å². The van der Waals surface area contributed by atoms with Gasteiger partial charge in [0.15, 0.2) is 0 Å². The maximum Gasteiger partial charge on any atom is 0.218 e. The van der Waals surface area contributed by atoms with Gasteiger partial charge in [-0.1, -0.05) is 26.0 Å². The van der Waals surface area contributed by atoms with Gasteiger partial charge in [-0.05, 0) is 42.4 Å². The third-order valence-electron chi connectivity index (χ3n) is 4.27. The Hall–Kier alpha value is -1.38. The van der Waals surface area contributed by atoms with E-state index in [-0.39, 0.29) is 5.75 Å². The number of rotatable bonds is 4. The van der Waals surface area contributed by atoms with Crippen LogP contribution in [0.5, 0.6) is 0 Å². The van der Waals surface area contributed by atoms with Crippen LogP contribution in [-0.2, 0) is 15.8 Å². The van der Waals surface area contributed by atoms with Gasteiger partial charge in [0, 0.05) is 13.1 Å². The first kappa shape index (κ1) is 16.0. The van der Waals surface area contributed by atoms with E-state index in [1.165, 1.54) is 0 Å². The molecule has 1 heterocycles. The van der Waals surface area contributed by atoms with E-state index in [2.05, 4.69) is 13.8 Å². The molecule has 0 bridgehead atoms. The van der Waals surface area contributed by atoms with Gasteiger partial charge in [-0.15, -0.1) is 0 Å². The molecule has 1 aromatic rings. The molecule has 1 aliphatic heterocycles. The van der Waals surface area contributed by atoms with Crippen LogP contribution in [-0.4, -0.2) is 25.8 Å². The highest BCUT2D eigenvalue weighted by molar-refractivity contribution is 7.88. The van der Waals surface area contributed by atoms with E-state index in [4.69, 9.17) is 5.26 Å². The van der Waals surface area contributed by atoms with Crippen molar-refractivity contribution in [2.75, 3.05) is 13.1 Å². The van der Waals surface area contributed by atoms with E-state index >= 15 is 0 Å².